The molecule has 0 amide bonds. The predicted molar refractivity (Wildman–Crippen MR) is 63.8 cm³/mol. The molecule has 0 aliphatic heterocycles. The van der Waals surface area contributed by atoms with Gasteiger partial charge in [0.1, 0.15) is 6.17 Å². The Morgan fingerprint density at radius 2 is 2.07 bits per heavy atom. The molecule has 90 valence electrons. The van der Waals surface area contributed by atoms with Crippen molar-refractivity contribution in [3.05, 3.63) is 12.7 Å². The summed E-state index contributed by atoms with van der Waals surface area (Å²) in [5.41, 5.74) is -0.0716. The Morgan fingerprint density at radius 3 is 2.47 bits per heavy atom. The van der Waals surface area contributed by atoms with E-state index in [9.17, 15) is 4.39 Å². The fraction of sp³-hybridized carbons (Fsp3) is 0.846. The SMILES string of the molecule is C=C[C@@H](C)C[C@@](C)(COC)C[C@H](F)CC. The van der Waals surface area contributed by atoms with E-state index in [0.29, 0.717) is 25.4 Å². The van der Waals surface area contributed by atoms with Gasteiger partial charge in [0.25, 0.3) is 0 Å². The van der Waals surface area contributed by atoms with E-state index in [1.54, 1.807) is 7.11 Å². The largest absolute Gasteiger partial charge is 0.384 e. The molecule has 0 heterocycles. The summed E-state index contributed by atoms with van der Waals surface area (Å²) in [7, 11) is 1.68. The molecule has 15 heavy (non-hydrogen) atoms. The molecule has 0 aromatic rings. The van der Waals surface area contributed by atoms with Crippen molar-refractivity contribution in [3.63, 3.8) is 0 Å². The van der Waals surface area contributed by atoms with Crippen molar-refractivity contribution in [2.24, 2.45) is 11.3 Å². The van der Waals surface area contributed by atoms with Crippen LogP contribution in [0.3, 0.4) is 0 Å². The second kappa shape index (κ2) is 7.00. The zero-order valence-electron chi connectivity index (χ0n) is 10.6. The molecule has 0 aromatic carbocycles. The minimum absolute atomic E-state index is 0.0716. The lowest BCUT2D eigenvalue weighted by Gasteiger charge is -2.32. The zero-order valence-corrected chi connectivity index (χ0v) is 10.6. The maximum atomic E-state index is 13.4. The Labute approximate surface area is 93.7 Å². The van der Waals surface area contributed by atoms with Gasteiger partial charge in [-0.25, -0.2) is 4.39 Å². The van der Waals surface area contributed by atoms with Crippen LogP contribution in [0.25, 0.3) is 0 Å². The molecule has 0 saturated carbocycles. The van der Waals surface area contributed by atoms with Gasteiger partial charge in [0, 0.05) is 7.11 Å². The molecule has 0 rings (SSSR count). The van der Waals surface area contributed by atoms with Crippen molar-refractivity contribution in [1.29, 1.82) is 0 Å². The van der Waals surface area contributed by atoms with Crippen molar-refractivity contribution < 1.29 is 9.13 Å². The van der Waals surface area contributed by atoms with E-state index in [0.717, 1.165) is 6.42 Å². The molecular weight excluding hydrogens is 191 g/mol. The summed E-state index contributed by atoms with van der Waals surface area (Å²) in [6.45, 7) is 10.5. The number of halogens is 1. The molecule has 0 bridgehead atoms. The van der Waals surface area contributed by atoms with Gasteiger partial charge in [0.15, 0.2) is 0 Å². The lowest BCUT2D eigenvalue weighted by Crippen LogP contribution is -2.28. The molecule has 0 radical (unpaired) electrons. The van der Waals surface area contributed by atoms with Crippen molar-refractivity contribution in [2.75, 3.05) is 13.7 Å². The monoisotopic (exact) mass is 216 g/mol. The third kappa shape index (κ3) is 5.93. The van der Waals surface area contributed by atoms with Crippen molar-refractivity contribution in [2.45, 2.75) is 46.2 Å². The molecule has 0 N–H and O–H groups in total. The van der Waals surface area contributed by atoms with Gasteiger partial charge < -0.3 is 4.74 Å². The summed E-state index contributed by atoms with van der Waals surface area (Å²) in [5, 5.41) is 0. The maximum Gasteiger partial charge on any atom is 0.100 e. The normalized spacial score (nSPS) is 19.3. The summed E-state index contributed by atoms with van der Waals surface area (Å²) in [6, 6.07) is 0. The fourth-order valence-corrected chi connectivity index (χ4v) is 2.09. The second-order valence-electron chi connectivity index (χ2n) is 4.87. The Morgan fingerprint density at radius 1 is 1.47 bits per heavy atom. The van der Waals surface area contributed by atoms with Crippen LogP contribution >= 0.6 is 0 Å². The highest BCUT2D eigenvalue weighted by Crippen LogP contribution is 2.33. The third-order valence-corrected chi connectivity index (χ3v) is 2.87. The smallest absolute Gasteiger partial charge is 0.100 e. The van der Waals surface area contributed by atoms with Crippen LogP contribution in [0.2, 0.25) is 0 Å². The summed E-state index contributed by atoms with van der Waals surface area (Å²) in [5.74, 6) is 0.411. The summed E-state index contributed by atoms with van der Waals surface area (Å²) in [4.78, 5) is 0. The van der Waals surface area contributed by atoms with Crippen LogP contribution in [-0.2, 0) is 4.74 Å². The Kier molecular flexibility index (Phi) is 6.82. The molecular formula is C13H25FO. The average Bonchev–Trinajstić information content (AvgIpc) is 2.17. The first-order valence-corrected chi connectivity index (χ1v) is 5.73. The van der Waals surface area contributed by atoms with Crippen molar-refractivity contribution in [1.82, 2.24) is 0 Å². The number of rotatable bonds is 8. The first kappa shape index (κ1) is 14.6. The number of allylic oxidation sites excluding steroid dienone is 1. The van der Waals surface area contributed by atoms with Gasteiger partial charge in [0.2, 0.25) is 0 Å². The van der Waals surface area contributed by atoms with Crippen molar-refractivity contribution in [3.8, 4) is 0 Å². The van der Waals surface area contributed by atoms with Crippen LogP contribution < -0.4 is 0 Å². The number of hydrogen-bond donors (Lipinski definition) is 0. The van der Waals surface area contributed by atoms with Gasteiger partial charge in [-0.05, 0) is 30.6 Å². The molecule has 0 aliphatic rings. The lowest BCUT2D eigenvalue weighted by molar-refractivity contribution is 0.0504. The molecule has 0 fully saturated rings. The van der Waals surface area contributed by atoms with Crippen LogP contribution in [0.4, 0.5) is 4.39 Å². The summed E-state index contributed by atoms with van der Waals surface area (Å²) < 4.78 is 18.6. The molecule has 3 atom stereocenters. The van der Waals surface area contributed by atoms with Crippen LogP contribution in [-0.4, -0.2) is 19.9 Å². The predicted octanol–water partition coefficient (Wildman–Crippen LogP) is 3.99. The van der Waals surface area contributed by atoms with E-state index in [2.05, 4.69) is 20.4 Å². The Balaban J connectivity index is 4.35. The van der Waals surface area contributed by atoms with E-state index in [4.69, 9.17) is 4.74 Å². The van der Waals surface area contributed by atoms with Gasteiger partial charge in [-0.15, -0.1) is 6.58 Å². The molecule has 2 heteroatoms. The van der Waals surface area contributed by atoms with E-state index < -0.39 is 6.17 Å². The van der Waals surface area contributed by atoms with Crippen LogP contribution in [0.15, 0.2) is 12.7 Å². The zero-order chi connectivity index (χ0) is 11.9. The topological polar surface area (TPSA) is 9.23 Å². The van der Waals surface area contributed by atoms with E-state index in [1.165, 1.54) is 0 Å². The molecule has 0 saturated heterocycles. The fourth-order valence-electron chi connectivity index (χ4n) is 2.09. The van der Waals surface area contributed by atoms with Crippen molar-refractivity contribution >= 4 is 0 Å². The van der Waals surface area contributed by atoms with E-state index >= 15 is 0 Å². The van der Waals surface area contributed by atoms with E-state index in [1.807, 2.05) is 13.0 Å². The number of methoxy groups -OCH3 is 1. The number of ether oxygens (including phenoxy) is 1. The Bertz CT molecular complexity index is 181. The number of alkyl halides is 1. The summed E-state index contributed by atoms with van der Waals surface area (Å²) >= 11 is 0. The standard InChI is InChI=1S/C13H25FO/c1-6-11(3)8-13(4,10-15-5)9-12(14)7-2/h6,11-12H,1,7-10H2,2-5H3/t11-,12-,13-/m1/s1. The highest BCUT2D eigenvalue weighted by Gasteiger charge is 2.29. The first-order valence-electron chi connectivity index (χ1n) is 5.73. The van der Waals surface area contributed by atoms with Gasteiger partial charge in [-0.2, -0.15) is 0 Å². The molecule has 0 aromatic heterocycles. The molecule has 1 nitrogen and oxygen atoms in total. The maximum absolute atomic E-state index is 13.4. The summed E-state index contributed by atoms with van der Waals surface area (Å²) in [6.07, 6.45) is 3.30. The highest BCUT2D eigenvalue weighted by molar-refractivity contribution is 4.85. The van der Waals surface area contributed by atoms with Gasteiger partial charge >= 0.3 is 0 Å². The van der Waals surface area contributed by atoms with Gasteiger partial charge in [-0.1, -0.05) is 26.8 Å². The van der Waals surface area contributed by atoms with Gasteiger partial charge in [-0.3, -0.25) is 0 Å². The lowest BCUT2D eigenvalue weighted by atomic mass is 9.77. The second-order valence-corrected chi connectivity index (χ2v) is 4.87. The molecule has 0 spiro atoms. The van der Waals surface area contributed by atoms with Crippen LogP contribution in [0.5, 0.6) is 0 Å². The Hall–Kier alpha value is -0.370. The van der Waals surface area contributed by atoms with Crippen LogP contribution in [0.1, 0.15) is 40.0 Å². The first-order chi connectivity index (χ1) is 6.97. The minimum atomic E-state index is -0.720. The van der Waals surface area contributed by atoms with E-state index in [-0.39, 0.29) is 5.41 Å². The average molecular weight is 216 g/mol. The number of hydrogen-bond acceptors (Lipinski definition) is 1. The van der Waals surface area contributed by atoms with Crippen LogP contribution in [0, 0.1) is 11.3 Å². The highest BCUT2D eigenvalue weighted by atomic mass is 19.1. The third-order valence-electron chi connectivity index (χ3n) is 2.87. The minimum Gasteiger partial charge on any atom is -0.384 e. The van der Waals surface area contributed by atoms with Gasteiger partial charge in [0.05, 0.1) is 6.61 Å². The molecule has 0 unspecified atom stereocenters. The quantitative estimate of drug-likeness (QED) is 0.557. The molecule has 0 aliphatic carbocycles.